The number of urea groups is 1. The van der Waals surface area contributed by atoms with Gasteiger partial charge in [0.1, 0.15) is 0 Å². The molecular weight excluding hydrogens is 204 g/mol. The second-order valence-electron chi connectivity index (χ2n) is 4.52. The Balaban J connectivity index is 1.61. The summed E-state index contributed by atoms with van der Waals surface area (Å²) in [7, 11) is 0. The molecule has 0 atom stereocenters. The fourth-order valence-corrected chi connectivity index (χ4v) is 2.31. The van der Waals surface area contributed by atoms with Gasteiger partial charge in [-0.2, -0.15) is 0 Å². The molecule has 2 saturated heterocycles. The molecule has 0 aromatic heterocycles. The molecular formula is C11H22N4O. The van der Waals surface area contributed by atoms with Gasteiger partial charge in [0.05, 0.1) is 0 Å². The number of carbonyl (C=O) groups excluding carboxylic acids is 1. The van der Waals surface area contributed by atoms with E-state index < -0.39 is 0 Å². The molecule has 16 heavy (non-hydrogen) atoms. The molecule has 0 unspecified atom stereocenters. The van der Waals surface area contributed by atoms with Crippen LogP contribution in [-0.2, 0) is 0 Å². The number of rotatable bonds is 4. The number of amides is 2. The Morgan fingerprint density at radius 2 is 1.88 bits per heavy atom. The normalized spacial score (nSPS) is 23.2. The van der Waals surface area contributed by atoms with Crippen molar-refractivity contribution in [3.8, 4) is 0 Å². The minimum Gasteiger partial charge on any atom is -0.338 e. The third-order valence-electron chi connectivity index (χ3n) is 3.28. The smallest absolute Gasteiger partial charge is 0.317 e. The molecule has 5 heteroatoms. The van der Waals surface area contributed by atoms with Crippen LogP contribution in [0, 0.1) is 0 Å². The highest BCUT2D eigenvalue weighted by atomic mass is 16.2. The highest BCUT2D eigenvalue weighted by Crippen LogP contribution is 2.02. The van der Waals surface area contributed by atoms with Gasteiger partial charge < -0.3 is 20.4 Å². The lowest BCUT2D eigenvalue weighted by Gasteiger charge is -2.30. The van der Waals surface area contributed by atoms with Gasteiger partial charge in [0.2, 0.25) is 0 Å². The molecule has 2 fully saturated rings. The molecule has 0 saturated carbocycles. The summed E-state index contributed by atoms with van der Waals surface area (Å²) in [6.07, 6.45) is 2.17. The largest absolute Gasteiger partial charge is 0.338 e. The van der Waals surface area contributed by atoms with Crippen LogP contribution in [0.1, 0.15) is 12.8 Å². The first kappa shape index (κ1) is 11.7. The minimum atomic E-state index is 0.117. The Bertz CT molecular complexity index is 228. The summed E-state index contributed by atoms with van der Waals surface area (Å²) in [5.41, 5.74) is 0. The molecule has 2 N–H and O–H groups in total. The summed E-state index contributed by atoms with van der Waals surface area (Å²) in [6, 6.07) is 0.117. The topological polar surface area (TPSA) is 47.6 Å². The number of hydrogen-bond donors (Lipinski definition) is 2. The molecule has 0 spiro atoms. The van der Waals surface area contributed by atoms with Crippen molar-refractivity contribution in [1.82, 2.24) is 20.4 Å². The Morgan fingerprint density at radius 1 is 1.06 bits per heavy atom. The van der Waals surface area contributed by atoms with Crippen LogP contribution in [0.4, 0.5) is 4.79 Å². The zero-order chi connectivity index (χ0) is 11.2. The lowest BCUT2D eigenvalue weighted by atomic mass is 10.2. The van der Waals surface area contributed by atoms with Gasteiger partial charge >= 0.3 is 6.03 Å². The van der Waals surface area contributed by atoms with Crippen LogP contribution in [-0.4, -0.2) is 68.2 Å². The predicted octanol–water partition coefficient (Wildman–Crippen LogP) is -0.303. The quantitative estimate of drug-likeness (QED) is 0.692. The van der Waals surface area contributed by atoms with Crippen LogP contribution in [0.3, 0.4) is 0 Å². The first-order chi connectivity index (χ1) is 7.86. The van der Waals surface area contributed by atoms with E-state index in [9.17, 15) is 4.79 Å². The van der Waals surface area contributed by atoms with Crippen molar-refractivity contribution in [2.75, 3.05) is 52.4 Å². The van der Waals surface area contributed by atoms with Gasteiger partial charge in [-0.25, -0.2) is 4.79 Å². The molecule has 2 amide bonds. The SMILES string of the molecule is O=C1NCCCN1CCCN1CCNCC1. The molecule has 0 bridgehead atoms. The molecule has 2 aliphatic rings. The van der Waals surface area contributed by atoms with Crippen molar-refractivity contribution in [3.05, 3.63) is 0 Å². The predicted molar refractivity (Wildman–Crippen MR) is 63.5 cm³/mol. The Morgan fingerprint density at radius 3 is 2.62 bits per heavy atom. The van der Waals surface area contributed by atoms with Gasteiger partial charge in [0.25, 0.3) is 0 Å². The van der Waals surface area contributed by atoms with E-state index in [2.05, 4.69) is 15.5 Å². The highest BCUT2D eigenvalue weighted by molar-refractivity contribution is 5.74. The summed E-state index contributed by atoms with van der Waals surface area (Å²) >= 11 is 0. The Hall–Kier alpha value is -0.810. The Kier molecular flexibility index (Phi) is 4.42. The van der Waals surface area contributed by atoms with E-state index in [0.717, 1.165) is 65.2 Å². The fraction of sp³-hybridized carbons (Fsp3) is 0.909. The number of hydrogen-bond acceptors (Lipinski definition) is 3. The maximum Gasteiger partial charge on any atom is 0.317 e. The average molecular weight is 226 g/mol. The molecule has 2 rings (SSSR count). The lowest BCUT2D eigenvalue weighted by molar-refractivity contribution is 0.177. The number of nitrogens with one attached hydrogen (secondary N) is 2. The van der Waals surface area contributed by atoms with Crippen molar-refractivity contribution in [1.29, 1.82) is 0 Å². The van der Waals surface area contributed by atoms with Gasteiger partial charge in [0, 0.05) is 45.8 Å². The zero-order valence-electron chi connectivity index (χ0n) is 9.87. The van der Waals surface area contributed by atoms with E-state index in [4.69, 9.17) is 0 Å². The van der Waals surface area contributed by atoms with Crippen molar-refractivity contribution in [3.63, 3.8) is 0 Å². The maximum atomic E-state index is 11.5. The van der Waals surface area contributed by atoms with E-state index in [0.29, 0.717) is 0 Å². The van der Waals surface area contributed by atoms with Gasteiger partial charge in [-0.3, -0.25) is 0 Å². The van der Waals surface area contributed by atoms with E-state index in [1.165, 1.54) is 0 Å². The monoisotopic (exact) mass is 226 g/mol. The average Bonchev–Trinajstić information content (AvgIpc) is 2.33. The van der Waals surface area contributed by atoms with Crippen LogP contribution in [0.2, 0.25) is 0 Å². The molecule has 0 aromatic carbocycles. The van der Waals surface area contributed by atoms with Crippen molar-refractivity contribution in [2.45, 2.75) is 12.8 Å². The first-order valence-corrected chi connectivity index (χ1v) is 6.32. The third kappa shape index (κ3) is 3.35. The fourth-order valence-electron chi connectivity index (χ4n) is 2.31. The number of piperazine rings is 1. The molecule has 0 aromatic rings. The van der Waals surface area contributed by atoms with Crippen LogP contribution in [0.5, 0.6) is 0 Å². The first-order valence-electron chi connectivity index (χ1n) is 6.32. The standard InChI is InChI=1S/C11H22N4O/c16-11-13-3-1-7-15(11)8-2-6-14-9-4-12-5-10-14/h12H,1-10H2,(H,13,16). The number of nitrogens with zero attached hydrogens (tertiary/aromatic N) is 2. The van der Waals surface area contributed by atoms with E-state index in [1.54, 1.807) is 0 Å². The van der Waals surface area contributed by atoms with Crippen molar-refractivity contribution in [2.24, 2.45) is 0 Å². The van der Waals surface area contributed by atoms with Gasteiger partial charge in [-0.15, -0.1) is 0 Å². The van der Waals surface area contributed by atoms with Crippen LogP contribution < -0.4 is 10.6 Å². The zero-order valence-corrected chi connectivity index (χ0v) is 9.87. The van der Waals surface area contributed by atoms with Crippen molar-refractivity contribution >= 4 is 6.03 Å². The Labute approximate surface area is 97.2 Å². The molecule has 2 heterocycles. The van der Waals surface area contributed by atoms with Crippen LogP contribution >= 0.6 is 0 Å². The van der Waals surface area contributed by atoms with Crippen molar-refractivity contribution < 1.29 is 4.79 Å². The second-order valence-corrected chi connectivity index (χ2v) is 4.52. The summed E-state index contributed by atoms with van der Waals surface area (Å²) in [5, 5.41) is 6.23. The highest BCUT2D eigenvalue weighted by Gasteiger charge is 2.17. The van der Waals surface area contributed by atoms with Crippen LogP contribution in [0.25, 0.3) is 0 Å². The molecule has 5 nitrogen and oxygen atoms in total. The maximum absolute atomic E-state index is 11.5. The summed E-state index contributed by atoms with van der Waals surface area (Å²) < 4.78 is 0. The molecule has 92 valence electrons. The number of carbonyl (C=O) groups is 1. The van der Waals surface area contributed by atoms with E-state index in [-0.39, 0.29) is 6.03 Å². The van der Waals surface area contributed by atoms with Gasteiger partial charge in [0.15, 0.2) is 0 Å². The molecule has 0 aliphatic carbocycles. The molecule has 2 aliphatic heterocycles. The van der Waals surface area contributed by atoms with Gasteiger partial charge in [-0.1, -0.05) is 0 Å². The van der Waals surface area contributed by atoms with Gasteiger partial charge in [-0.05, 0) is 19.4 Å². The summed E-state index contributed by atoms with van der Waals surface area (Å²) in [4.78, 5) is 15.9. The second kappa shape index (κ2) is 6.06. The molecule has 0 radical (unpaired) electrons. The van der Waals surface area contributed by atoms with Crippen LogP contribution in [0.15, 0.2) is 0 Å². The third-order valence-corrected chi connectivity index (χ3v) is 3.28. The minimum absolute atomic E-state index is 0.117. The van der Waals surface area contributed by atoms with E-state index in [1.807, 2.05) is 4.90 Å². The summed E-state index contributed by atoms with van der Waals surface area (Å²) in [5.74, 6) is 0. The lowest BCUT2D eigenvalue weighted by Crippen LogP contribution is -2.48. The summed E-state index contributed by atoms with van der Waals surface area (Å²) in [6.45, 7) is 8.27. The van der Waals surface area contributed by atoms with E-state index >= 15 is 0 Å².